The second-order valence-electron chi connectivity index (χ2n) is 3.93. The third-order valence-electron chi connectivity index (χ3n) is 2.61. The fraction of sp³-hybridized carbons (Fsp3) is 0.125. The van der Waals surface area contributed by atoms with Crippen LogP contribution in [0.25, 0.3) is 12.2 Å². The van der Waals surface area contributed by atoms with Crippen LogP contribution in [0.4, 0.5) is 0 Å². The lowest BCUT2D eigenvalue weighted by molar-refractivity contribution is 0.0525. The topological polar surface area (TPSA) is 39.2 Å². The van der Waals surface area contributed by atoms with Crippen LogP contribution in [-0.4, -0.2) is 17.6 Å². The van der Waals surface area contributed by atoms with Crippen LogP contribution >= 0.6 is 0 Å². The van der Waals surface area contributed by atoms with E-state index in [1.807, 2.05) is 42.5 Å². The molecule has 0 saturated carbocycles. The van der Waals surface area contributed by atoms with Crippen LogP contribution in [0.15, 0.2) is 48.8 Å². The smallest absolute Gasteiger partial charge is 0.340 e. The van der Waals surface area contributed by atoms with Gasteiger partial charge in [0.25, 0.3) is 0 Å². The maximum absolute atomic E-state index is 11.8. The number of carbonyl (C=O) groups excluding carboxylic acids is 1. The molecule has 0 unspecified atom stereocenters. The highest BCUT2D eigenvalue weighted by molar-refractivity contribution is 5.94. The van der Waals surface area contributed by atoms with Crippen molar-refractivity contribution in [2.45, 2.75) is 6.92 Å². The summed E-state index contributed by atoms with van der Waals surface area (Å²) in [6, 6.07) is 11.7. The quantitative estimate of drug-likeness (QED) is 0.784. The van der Waals surface area contributed by atoms with E-state index in [9.17, 15) is 4.79 Å². The van der Waals surface area contributed by atoms with Gasteiger partial charge in [-0.15, -0.1) is 0 Å². The molecule has 0 aliphatic carbocycles. The van der Waals surface area contributed by atoms with Gasteiger partial charge in [0, 0.05) is 12.4 Å². The molecule has 96 valence electrons. The molecule has 3 heteroatoms. The summed E-state index contributed by atoms with van der Waals surface area (Å²) in [7, 11) is 0. The van der Waals surface area contributed by atoms with E-state index in [0.717, 1.165) is 11.1 Å². The molecule has 2 aromatic rings. The second-order valence-corrected chi connectivity index (χ2v) is 3.93. The van der Waals surface area contributed by atoms with Crippen LogP contribution in [0.1, 0.15) is 28.4 Å². The molecule has 0 bridgehead atoms. The average molecular weight is 253 g/mol. The first-order chi connectivity index (χ1) is 9.31. The Morgan fingerprint density at radius 1 is 1.21 bits per heavy atom. The Morgan fingerprint density at radius 3 is 2.74 bits per heavy atom. The van der Waals surface area contributed by atoms with Gasteiger partial charge in [-0.05, 0) is 24.1 Å². The second kappa shape index (κ2) is 6.50. The lowest BCUT2D eigenvalue weighted by Crippen LogP contribution is -2.06. The maximum Gasteiger partial charge on any atom is 0.340 e. The summed E-state index contributed by atoms with van der Waals surface area (Å²) in [5.74, 6) is -0.344. The van der Waals surface area contributed by atoms with E-state index in [1.54, 1.807) is 19.2 Å². The largest absolute Gasteiger partial charge is 0.462 e. The molecule has 1 aromatic carbocycles. The molecule has 19 heavy (non-hydrogen) atoms. The van der Waals surface area contributed by atoms with Gasteiger partial charge < -0.3 is 4.74 Å². The summed E-state index contributed by atoms with van der Waals surface area (Å²) < 4.78 is 5.01. The zero-order valence-corrected chi connectivity index (χ0v) is 10.7. The van der Waals surface area contributed by atoms with Crippen molar-refractivity contribution < 1.29 is 9.53 Å². The van der Waals surface area contributed by atoms with E-state index in [0.29, 0.717) is 12.2 Å². The van der Waals surface area contributed by atoms with Crippen LogP contribution in [0, 0.1) is 0 Å². The Balaban J connectivity index is 2.25. The van der Waals surface area contributed by atoms with E-state index < -0.39 is 0 Å². The number of ether oxygens (including phenoxy) is 1. The lowest BCUT2D eigenvalue weighted by atomic mass is 10.1. The molecule has 3 nitrogen and oxygen atoms in total. The number of rotatable bonds is 4. The molecule has 1 aromatic heterocycles. The summed E-state index contributed by atoms with van der Waals surface area (Å²) >= 11 is 0. The zero-order chi connectivity index (χ0) is 13.5. The van der Waals surface area contributed by atoms with Crippen LogP contribution in [-0.2, 0) is 4.74 Å². The molecule has 1 heterocycles. The first-order valence-electron chi connectivity index (χ1n) is 6.15. The molecule has 2 rings (SSSR count). The van der Waals surface area contributed by atoms with Gasteiger partial charge in [0.05, 0.1) is 12.2 Å². The van der Waals surface area contributed by atoms with Crippen LogP contribution in [0.2, 0.25) is 0 Å². The van der Waals surface area contributed by atoms with E-state index in [2.05, 4.69) is 4.98 Å². The highest BCUT2D eigenvalue weighted by Gasteiger charge is 2.10. The molecule has 0 fully saturated rings. The number of pyridine rings is 1. The van der Waals surface area contributed by atoms with Gasteiger partial charge >= 0.3 is 5.97 Å². The third-order valence-corrected chi connectivity index (χ3v) is 2.61. The number of aromatic nitrogens is 1. The minimum absolute atomic E-state index is 0.344. The maximum atomic E-state index is 11.8. The van der Waals surface area contributed by atoms with Crippen LogP contribution in [0.5, 0.6) is 0 Å². The van der Waals surface area contributed by atoms with Crippen molar-refractivity contribution in [2.24, 2.45) is 0 Å². The third kappa shape index (κ3) is 3.52. The zero-order valence-electron chi connectivity index (χ0n) is 10.7. The monoisotopic (exact) mass is 253 g/mol. The minimum Gasteiger partial charge on any atom is -0.462 e. The number of esters is 1. The van der Waals surface area contributed by atoms with E-state index in [1.165, 1.54) is 6.20 Å². The van der Waals surface area contributed by atoms with Gasteiger partial charge in [-0.25, -0.2) is 4.79 Å². The fourth-order valence-corrected chi connectivity index (χ4v) is 1.68. The molecular formula is C16H15NO2. The van der Waals surface area contributed by atoms with Crippen molar-refractivity contribution in [1.29, 1.82) is 0 Å². The number of hydrogen-bond donors (Lipinski definition) is 0. The highest BCUT2D eigenvalue weighted by atomic mass is 16.5. The van der Waals surface area contributed by atoms with Crippen molar-refractivity contribution in [2.75, 3.05) is 6.61 Å². The van der Waals surface area contributed by atoms with Crippen molar-refractivity contribution in [1.82, 2.24) is 4.98 Å². The summed E-state index contributed by atoms with van der Waals surface area (Å²) in [6.45, 7) is 2.14. The number of nitrogens with zero attached hydrogens (tertiary/aromatic N) is 1. The molecule has 0 spiro atoms. The van der Waals surface area contributed by atoms with Crippen molar-refractivity contribution in [3.05, 3.63) is 65.5 Å². The molecule has 0 aliphatic rings. The molecule has 0 saturated heterocycles. The summed E-state index contributed by atoms with van der Waals surface area (Å²) in [5.41, 5.74) is 2.36. The predicted octanol–water partition coefficient (Wildman–Crippen LogP) is 3.43. The SMILES string of the molecule is CCOC(=O)c1cnccc1C=Cc1ccccc1. The van der Waals surface area contributed by atoms with E-state index in [4.69, 9.17) is 4.74 Å². The molecule has 0 radical (unpaired) electrons. The van der Waals surface area contributed by atoms with Crippen molar-refractivity contribution in [3.63, 3.8) is 0 Å². The van der Waals surface area contributed by atoms with Crippen LogP contribution in [0.3, 0.4) is 0 Å². The van der Waals surface area contributed by atoms with Gasteiger partial charge in [-0.2, -0.15) is 0 Å². The first kappa shape index (κ1) is 13.0. The van der Waals surface area contributed by atoms with E-state index >= 15 is 0 Å². The van der Waals surface area contributed by atoms with E-state index in [-0.39, 0.29) is 5.97 Å². The Hall–Kier alpha value is -2.42. The molecule has 0 amide bonds. The Labute approximate surface area is 112 Å². The average Bonchev–Trinajstić information content (AvgIpc) is 2.47. The standard InChI is InChI=1S/C16H15NO2/c1-2-19-16(18)15-12-17-11-10-14(15)9-8-13-6-4-3-5-7-13/h3-12H,2H2,1H3. The van der Waals surface area contributed by atoms with Crippen molar-refractivity contribution in [3.8, 4) is 0 Å². The summed E-state index contributed by atoms with van der Waals surface area (Å²) in [4.78, 5) is 15.7. The number of hydrogen-bond acceptors (Lipinski definition) is 3. The van der Waals surface area contributed by atoms with Crippen LogP contribution < -0.4 is 0 Å². The summed E-state index contributed by atoms with van der Waals surface area (Å²) in [6.07, 6.45) is 7.04. The molecule has 0 N–H and O–H groups in total. The van der Waals surface area contributed by atoms with Crippen molar-refractivity contribution >= 4 is 18.1 Å². The Kier molecular flexibility index (Phi) is 4.45. The predicted molar refractivity (Wildman–Crippen MR) is 75.6 cm³/mol. The van der Waals surface area contributed by atoms with Gasteiger partial charge in [0.2, 0.25) is 0 Å². The summed E-state index contributed by atoms with van der Waals surface area (Å²) in [5, 5.41) is 0. The molecule has 0 atom stereocenters. The first-order valence-corrected chi connectivity index (χ1v) is 6.15. The van der Waals surface area contributed by atoms with Gasteiger partial charge in [0.15, 0.2) is 0 Å². The molecule has 0 aliphatic heterocycles. The normalized spacial score (nSPS) is 10.6. The van der Waals surface area contributed by atoms with Gasteiger partial charge in [-0.1, -0.05) is 42.5 Å². The minimum atomic E-state index is -0.344. The Bertz CT molecular complexity index is 576. The number of benzene rings is 1. The van der Waals surface area contributed by atoms with Gasteiger partial charge in [-0.3, -0.25) is 4.98 Å². The number of carbonyl (C=O) groups is 1. The fourth-order valence-electron chi connectivity index (χ4n) is 1.68. The highest BCUT2D eigenvalue weighted by Crippen LogP contribution is 2.13. The molecular weight excluding hydrogens is 238 g/mol. The van der Waals surface area contributed by atoms with Gasteiger partial charge in [0.1, 0.15) is 0 Å². The Morgan fingerprint density at radius 2 is 2.00 bits per heavy atom. The lowest BCUT2D eigenvalue weighted by Gasteiger charge is -2.04.